The summed E-state index contributed by atoms with van der Waals surface area (Å²) in [6.45, 7) is 2.47. The summed E-state index contributed by atoms with van der Waals surface area (Å²) in [7, 11) is 0. The second-order valence-electron chi connectivity index (χ2n) is 7.74. The highest BCUT2D eigenvalue weighted by Crippen LogP contribution is 2.41. The molecule has 2 amide bonds. The fourth-order valence-electron chi connectivity index (χ4n) is 4.60. The minimum absolute atomic E-state index is 0.166. The van der Waals surface area contributed by atoms with Crippen LogP contribution < -0.4 is 4.90 Å². The zero-order valence-corrected chi connectivity index (χ0v) is 16.3. The van der Waals surface area contributed by atoms with Crippen LogP contribution >= 0.6 is 0 Å². The summed E-state index contributed by atoms with van der Waals surface area (Å²) in [4.78, 5) is 30.0. The van der Waals surface area contributed by atoms with Crippen LogP contribution in [0, 0.1) is 0 Å². The number of para-hydroxylation sites is 1. The van der Waals surface area contributed by atoms with Crippen LogP contribution in [0.5, 0.6) is 0 Å². The predicted octanol–water partition coefficient (Wildman–Crippen LogP) is 4.27. The Morgan fingerprint density at radius 3 is 2.24 bits per heavy atom. The number of fused-ring (bicyclic) bond motifs is 5. The van der Waals surface area contributed by atoms with E-state index in [4.69, 9.17) is 0 Å². The Morgan fingerprint density at radius 2 is 1.45 bits per heavy atom. The fourth-order valence-corrected chi connectivity index (χ4v) is 4.60. The number of anilines is 1. The highest BCUT2D eigenvalue weighted by molar-refractivity contribution is 6.41. The Bertz CT molecular complexity index is 1090. The molecule has 0 spiro atoms. The van der Waals surface area contributed by atoms with Crippen LogP contribution in [0.15, 0.2) is 78.9 Å². The van der Waals surface area contributed by atoms with Crippen molar-refractivity contribution in [3.05, 3.63) is 101 Å². The van der Waals surface area contributed by atoms with Crippen LogP contribution in [0.1, 0.15) is 41.3 Å². The molecule has 144 valence electrons. The lowest BCUT2D eigenvalue weighted by atomic mass is 9.95. The predicted molar refractivity (Wildman–Crippen MR) is 112 cm³/mol. The van der Waals surface area contributed by atoms with Gasteiger partial charge in [-0.3, -0.25) is 14.5 Å². The summed E-state index contributed by atoms with van der Waals surface area (Å²) in [5, 5.41) is 0. The third-order valence-corrected chi connectivity index (χ3v) is 6.14. The van der Waals surface area contributed by atoms with Crippen molar-refractivity contribution < 1.29 is 9.59 Å². The highest BCUT2D eigenvalue weighted by atomic mass is 16.2. The number of benzene rings is 3. The molecule has 0 unspecified atom stereocenters. The van der Waals surface area contributed by atoms with Crippen molar-refractivity contribution in [2.24, 2.45) is 0 Å². The number of carbonyl (C=O) groups is 2. The van der Waals surface area contributed by atoms with E-state index in [1.807, 2.05) is 73.7 Å². The summed E-state index contributed by atoms with van der Waals surface area (Å²) in [6.07, 6.45) is 0.759. The van der Waals surface area contributed by atoms with Gasteiger partial charge in [-0.15, -0.1) is 0 Å². The first-order valence-corrected chi connectivity index (χ1v) is 10.00. The monoisotopic (exact) mass is 382 g/mol. The molecule has 2 heterocycles. The van der Waals surface area contributed by atoms with Crippen molar-refractivity contribution in [2.75, 3.05) is 11.4 Å². The summed E-state index contributed by atoms with van der Waals surface area (Å²) in [5.74, 6) is -0.889. The van der Waals surface area contributed by atoms with Gasteiger partial charge in [-0.25, -0.2) is 0 Å². The molecular formula is C25H22N2O2. The van der Waals surface area contributed by atoms with E-state index in [-0.39, 0.29) is 12.1 Å². The first-order chi connectivity index (χ1) is 14.1. The van der Waals surface area contributed by atoms with Crippen LogP contribution in [0.4, 0.5) is 5.69 Å². The highest BCUT2D eigenvalue weighted by Gasteiger charge is 2.44. The van der Waals surface area contributed by atoms with Gasteiger partial charge in [-0.1, -0.05) is 72.8 Å². The molecule has 0 bridgehead atoms. The lowest BCUT2D eigenvalue weighted by molar-refractivity contribution is -0.149. The van der Waals surface area contributed by atoms with Gasteiger partial charge in [-0.05, 0) is 41.7 Å². The van der Waals surface area contributed by atoms with E-state index >= 15 is 0 Å². The van der Waals surface area contributed by atoms with Crippen LogP contribution in [0.3, 0.4) is 0 Å². The molecule has 4 heteroatoms. The standard InChI is InChI=1S/C25H22N2O2/c1-17(18-9-3-2-4-10-18)26-16-23-21-13-7-5-11-19(21)15-20-12-6-8-14-22(20)27(23)25(29)24(26)28/h2-14,17,23H,15-16H2,1H3/t17-,23-/m0/s1. The molecular weight excluding hydrogens is 360 g/mol. The van der Waals surface area contributed by atoms with Gasteiger partial charge in [0, 0.05) is 12.2 Å². The molecule has 0 N–H and O–H groups in total. The van der Waals surface area contributed by atoms with E-state index in [9.17, 15) is 9.59 Å². The quantitative estimate of drug-likeness (QED) is 0.621. The van der Waals surface area contributed by atoms with Crippen LogP contribution in [-0.2, 0) is 16.0 Å². The molecule has 2 aliphatic rings. The van der Waals surface area contributed by atoms with Crippen LogP contribution in [0.25, 0.3) is 0 Å². The molecule has 5 rings (SSSR count). The smallest absolute Gasteiger partial charge is 0.317 e. The molecule has 0 aliphatic carbocycles. The van der Waals surface area contributed by atoms with Crippen molar-refractivity contribution >= 4 is 17.5 Å². The zero-order chi connectivity index (χ0) is 20.0. The Balaban J connectivity index is 1.63. The number of nitrogens with zero attached hydrogens (tertiary/aromatic N) is 2. The third-order valence-electron chi connectivity index (χ3n) is 6.14. The largest absolute Gasteiger partial charge is 0.325 e. The number of carbonyl (C=O) groups excluding carboxylic acids is 2. The maximum Gasteiger partial charge on any atom is 0.317 e. The van der Waals surface area contributed by atoms with Gasteiger partial charge < -0.3 is 4.90 Å². The van der Waals surface area contributed by atoms with E-state index in [1.54, 1.807) is 9.80 Å². The lowest BCUT2D eigenvalue weighted by Crippen LogP contribution is -2.56. The molecule has 0 saturated carbocycles. The number of amides is 2. The summed E-state index contributed by atoms with van der Waals surface area (Å²) in [6, 6.07) is 25.7. The summed E-state index contributed by atoms with van der Waals surface area (Å²) in [5.41, 5.74) is 5.29. The number of hydrogen-bond acceptors (Lipinski definition) is 2. The lowest BCUT2D eigenvalue weighted by Gasteiger charge is -2.43. The van der Waals surface area contributed by atoms with Crippen molar-refractivity contribution in [1.82, 2.24) is 4.90 Å². The van der Waals surface area contributed by atoms with Crippen LogP contribution in [0.2, 0.25) is 0 Å². The van der Waals surface area contributed by atoms with Gasteiger partial charge in [0.1, 0.15) is 0 Å². The van der Waals surface area contributed by atoms with Gasteiger partial charge in [0.2, 0.25) is 0 Å². The van der Waals surface area contributed by atoms with E-state index in [0.29, 0.717) is 6.54 Å². The van der Waals surface area contributed by atoms with E-state index < -0.39 is 11.8 Å². The minimum atomic E-state index is -0.451. The van der Waals surface area contributed by atoms with Crippen molar-refractivity contribution in [1.29, 1.82) is 0 Å². The first kappa shape index (κ1) is 17.7. The number of rotatable bonds is 2. The van der Waals surface area contributed by atoms with Crippen molar-refractivity contribution in [3.63, 3.8) is 0 Å². The maximum atomic E-state index is 13.4. The Morgan fingerprint density at radius 1 is 0.793 bits per heavy atom. The Kier molecular flexibility index (Phi) is 4.20. The average Bonchev–Trinajstić information content (AvgIpc) is 2.90. The van der Waals surface area contributed by atoms with Gasteiger partial charge >= 0.3 is 11.8 Å². The summed E-state index contributed by atoms with van der Waals surface area (Å²) >= 11 is 0. The second kappa shape index (κ2) is 6.89. The average molecular weight is 382 g/mol. The molecule has 0 aromatic heterocycles. The fraction of sp³-hybridized carbons (Fsp3) is 0.200. The Hall–Kier alpha value is -3.40. The molecule has 3 aromatic carbocycles. The number of hydrogen-bond donors (Lipinski definition) is 0. The Labute approximate surface area is 170 Å². The molecule has 2 aliphatic heterocycles. The molecule has 29 heavy (non-hydrogen) atoms. The van der Waals surface area contributed by atoms with Crippen LogP contribution in [-0.4, -0.2) is 23.3 Å². The van der Waals surface area contributed by atoms with Gasteiger partial charge in [-0.2, -0.15) is 0 Å². The first-order valence-electron chi connectivity index (χ1n) is 10.00. The van der Waals surface area contributed by atoms with Crippen molar-refractivity contribution in [2.45, 2.75) is 25.4 Å². The molecule has 1 fully saturated rings. The second-order valence-corrected chi connectivity index (χ2v) is 7.74. The van der Waals surface area contributed by atoms with E-state index in [2.05, 4.69) is 12.1 Å². The molecule has 3 aromatic rings. The molecule has 2 atom stereocenters. The van der Waals surface area contributed by atoms with E-state index in [1.165, 1.54) is 5.56 Å². The topological polar surface area (TPSA) is 40.6 Å². The zero-order valence-electron chi connectivity index (χ0n) is 16.3. The van der Waals surface area contributed by atoms with Gasteiger partial charge in [0.25, 0.3) is 0 Å². The van der Waals surface area contributed by atoms with Crippen molar-refractivity contribution in [3.8, 4) is 0 Å². The van der Waals surface area contributed by atoms with Gasteiger partial charge in [0.15, 0.2) is 0 Å². The third kappa shape index (κ3) is 2.83. The SMILES string of the molecule is C[C@@H](c1ccccc1)N1C[C@H]2c3ccccc3Cc3ccccc3N2C(=O)C1=O. The number of piperazine rings is 1. The summed E-state index contributed by atoms with van der Waals surface area (Å²) < 4.78 is 0. The molecule has 1 saturated heterocycles. The normalized spacial score (nSPS) is 19.1. The van der Waals surface area contributed by atoms with E-state index in [0.717, 1.165) is 28.8 Å². The molecule has 4 nitrogen and oxygen atoms in total. The minimum Gasteiger partial charge on any atom is -0.325 e. The molecule has 0 radical (unpaired) electrons. The maximum absolute atomic E-state index is 13.4. The van der Waals surface area contributed by atoms with Gasteiger partial charge in [0.05, 0.1) is 12.1 Å².